The molecule has 7 aromatic rings. The second kappa shape index (κ2) is 8.59. The van der Waals surface area contributed by atoms with Crippen molar-refractivity contribution < 1.29 is 0 Å². The van der Waals surface area contributed by atoms with Crippen LogP contribution in [0.4, 0.5) is 0 Å². The van der Waals surface area contributed by atoms with Gasteiger partial charge in [0.2, 0.25) is 0 Å². The van der Waals surface area contributed by atoms with E-state index in [-0.39, 0.29) is 0 Å². The minimum Gasteiger partial charge on any atom is -0.275 e. The molecule has 0 saturated heterocycles. The summed E-state index contributed by atoms with van der Waals surface area (Å²) in [4.78, 5) is 0. The Bertz CT molecular complexity index is 1830. The Hall–Kier alpha value is -4.54. The highest BCUT2D eigenvalue weighted by atomic mass is 32.1. The van der Waals surface area contributed by atoms with E-state index in [1.54, 1.807) is 0 Å². The van der Waals surface area contributed by atoms with Crippen LogP contribution in [-0.2, 0) is 0 Å². The highest BCUT2D eigenvalue weighted by molar-refractivity contribution is 7.26. The minimum atomic E-state index is 0.824. The van der Waals surface area contributed by atoms with Gasteiger partial charge in [-0.15, -0.1) is 21.5 Å². The Morgan fingerprint density at radius 2 is 1.11 bits per heavy atom. The third-order valence-corrected chi connectivity index (χ3v) is 7.77. The van der Waals surface area contributed by atoms with Gasteiger partial charge in [0, 0.05) is 37.0 Å². The Labute approximate surface area is 212 Å². The van der Waals surface area contributed by atoms with Crippen LogP contribution in [0, 0.1) is 0 Å². The molecule has 2 heterocycles. The van der Waals surface area contributed by atoms with Crippen molar-refractivity contribution in [2.45, 2.75) is 0 Å². The summed E-state index contributed by atoms with van der Waals surface area (Å²) in [5, 5.41) is 11.9. The van der Waals surface area contributed by atoms with Gasteiger partial charge in [-0.1, -0.05) is 103 Å². The van der Waals surface area contributed by atoms with Crippen LogP contribution in [0.25, 0.3) is 59.8 Å². The van der Waals surface area contributed by atoms with Gasteiger partial charge >= 0.3 is 0 Å². The molecule has 0 fully saturated rings. The molecule has 0 bridgehead atoms. The van der Waals surface area contributed by atoms with Gasteiger partial charge in [-0.25, -0.2) is 0 Å². The molecule has 170 valence electrons. The zero-order valence-corrected chi connectivity index (χ0v) is 20.2. The smallest absolute Gasteiger partial charge is 0.168 e. The zero-order chi connectivity index (χ0) is 23.9. The lowest BCUT2D eigenvalue weighted by molar-refractivity contribution is 1.07. The molecular weight excluding hydrogens is 458 g/mol. The SMILES string of the molecule is c1ccc(-c2nnc(-c3cccc(-c4cccc5c4sc4ccccc45)c3)n2-c2ccccc2)cc1. The summed E-state index contributed by atoms with van der Waals surface area (Å²) in [5.74, 6) is 1.65. The molecule has 0 saturated carbocycles. The summed E-state index contributed by atoms with van der Waals surface area (Å²) in [5.41, 5.74) is 5.52. The number of thiophene rings is 1. The minimum absolute atomic E-state index is 0.824. The average molecular weight is 480 g/mol. The Kier molecular flexibility index (Phi) is 4.97. The van der Waals surface area contributed by atoms with Crippen LogP contribution in [0.2, 0.25) is 0 Å². The molecular formula is C32H21N3S. The van der Waals surface area contributed by atoms with E-state index in [1.807, 2.05) is 47.7 Å². The molecule has 7 rings (SSSR count). The molecule has 3 nitrogen and oxygen atoms in total. The Balaban J connectivity index is 1.42. The van der Waals surface area contributed by atoms with E-state index >= 15 is 0 Å². The first-order chi connectivity index (χ1) is 17.9. The number of benzene rings is 5. The van der Waals surface area contributed by atoms with Gasteiger partial charge in [0.1, 0.15) is 0 Å². The van der Waals surface area contributed by atoms with Crippen LogP contribution < -0.4 is 0 Å². The van der Waals surface area contributed by atoms with E-state index in [0.717, 1.165) is 28.5 Å². The summed E-state index contributed by atoms with van der Waals surface area (Å²) < 4.78 is 4.77. The second-order valence-electron chi connectivity index (χ2n) is 8.75. The molecule has 0 aliphatic rings. The van der Waals surface area contributed by atoms with Crippen molar-refractivity contribution >= 4 is 31.5 Å². The van der Waals surface area contributed by atoms with Crippen molar-refractivity contribution in [1.82, 2.24) is 14.8 Å². The van der Waals surface area contributed by atoms with Gasteiger partial charge in [0.05, 0.1) is 0 Å². The fourth-order valence-corrected chi connectivity index (χ4v) is 6.11. The number of nitrogens with zero attached hydrogens (tertiary/aromatic N) is 3. The summed E-state index contributed by atoms with van der Waals surface area (Å²) in [6, 6.07) is 44.4. The monoisotopic (exact) mass is 479 g/mol. The summed E-state index contributed by atoms with van der Waals surface area (Å²) >= 11 is 1.85. The van der Waals surface area contributed by atoms with E-state index in [4.69, 9.17) is 0 Å². The van der Waals surface area contributed by atoms with Gasteiger partial charge in [-0.2, -0.15) is 0 Å². The molecule has 0 aliphatic heterocycles. The first-order valence-electron chi connectivity index (χ1n) is 11.9. The van der Waals surface area contributed by atoms with E-state index in [2.05, 4.69) is 106 Å². The van der Waals surface area contributed by atoms with Crippen LogP contribution in [0.5, 0.6) is 0 Å². The molecule has 0 unspecified atom stereocenters. The Morgan fingerprint density at radius 3 is 1.94 bits per heavy atom. The Morgan fingerprint density at radius 1 is 0.500 bits per heavy atom. The van der Waals surface area contributed by atoms with E-state index in [1.165, 1.54) is 31.3 Å². The van der Waals surface area contributed by atoms with Crippen LogP contribution in [-0.4, -0.2) is 14.8 Å². The van der Waals surface area contributed by atoms with Crippen molar-refractivity contribution in [2.75, 3.05) is 0 Å². The summed E-state index contributed by atoms with van der Waals surface area (Å²) in [6.45, 7) is 0. The van der Waals surface area contributed by atoms with Crippen LogP contribution in [0.3, 0.4) is 0 Å². The zero-order valence-electron chi connectivity index (χ0n) is 19.4. The van der Waals surface area contributed by atoms with Crippen molar-refractivity contribution in [3.8, 4) is 39.6 Å². The summed E-state index contributed by atoms with van der Waals surface area (Å²) in [6.07, 6.45) is 0. The third kappa shape index (κ3) is 3.43. The number of aromatic nitrogens is 3. The van der Waals surface area contributed by atoms with Crippen molar-refractivity contribution in [2.24, 2.45) is 0 Å². The van der Waals surface area contributed by atoms with E-state index < -0.39 is 0 Å². The molecule has 2 aromatic heterocycles. The topological polar surface area (TPSA) is 30.7 Å². The van der Waals surface area contributed by atoms with Crippen LogP contribution in [0.1, 0.15) is 0 Å². The number of rotatable bonds is 4. The van der Waals surface area contributed by atoms with Gasteiger partial charge in [0.25, 0.3) is 0 Å². The number of fused-ring (bicyclic) bond motifs is 3. The van der Waals surface area contributed by atoms with Crippen molar-refractivity contribution in [3.63, 3.8) is 0 Å². The van der Waals surface area contributed by atoms with Crippen molar-refractivity contribution in [1.29, 1.82) is 0 Å². The molecule has 0 N–H and O–H groups in total. The highest BCUT2D eigenvalue weighted by Gasteiger charge is 2.18. The number of hydrogen-bond acceptors (Lipinski definition) is 3. The second-order valence-corrected chi connectivity index (χ2v) is 9.80. The number of para-hydroxylation sites is 1. The average Bonchev–Trinajstić information content (AvgIpc) is 3.56. The first kappa shape index (κ1) is 20.8. The summed E-state index contributed by atoms with van der Waals surface area (Å²) in [7, 11) is 0. The molecule has 0 atom stereocenters. The van der Waals surface area contributed by atoms with Gasteiger partial charge in [-0.3, -0.25) is 4.57 Å². The maximum absolute atomic E-state index is 4.69. The van der Waals surface area contributed by atoms with Gasteiger partial charge in [-0.05, 0) is 35.4 Å². The normalized spacial score (nSPS) is 11.3. The van der Waals surface area contributed by atoms with Crippen LogP contribution in [0.15, 0.2) is 127 Å². The predicted octanol–water partition coefficient (Wildman–Crippen LogP) is 8.64. The fourth-order valence-electron chi connectivity index (χ4n) is 4.87. The molecule has 0 amide bonds. The molecule has 0 radical (unpaired) electrons. The third-order valence-electron chi connectivity index (χ3n) is 6.55. The number of hydrogen-bond donors (Lipinski definition) is 0. The quantitative estimate of drug-likeness (QED) is 0.253. The van der Waals surface area contributed by atoms with Crippen LogP contribution >= 0.6 is 11.3 Å². The van der Waals surface area contributed by atoms with Crippen molar-refractivity contribution in [3.05, 3.63) is 127 Å². The lowest BCUT2D eigenvalue weighted by Gasteiger charge is -2.12. The molecule has 0 spiro atoms. The van der Waals surface area contributed by atoms with E-state index in [9.17, 15) is 0 Å². The van der Waals surface area contributed by atoms with E-state index in [0.29, 0.717) is 0 Å². The fraction of sp³-hybridized carbons (Fsp3) is 0. The first-order valence-corrected chi connectivity index (χ1v) is 12.8. The lowest BCUT2D eigenvalue weighted by atomic mass is 10.0. The standard InChI is InChI=1S/C32H21N3S/c1-3-11-22(12-4-1)31-33-34-32(35(31)25-15-5-2-6-16-25)24-14-9-13-23(21-24)26-18-10-19-28-27-17-7-8-20-29(27)36-30(26)28/h1-21H. The highest BCUT2D eigenvalue weighted by Crippen LogP contribution is 2.40. The maximum Gasteiger partial charge on any atom is 0.168 e. The largest absolute Gasteiger partial charge is 0.275 e. The molecule has 4 heteroatoms. The predicted molar refractivity (Wildman–Crippen MR) is 151 cm³/mol. The molecule has 5 aromatic carbocycles. The van der Waals surface area contributed by atoms with Gasteiger partial charge in [0.15, 0.2) is 11.6 Å². The maximum atomic E-state index is 4.69. The molecule has 36 heavy (non-hydrogen) atoms. The lowest BCUT2D eigenvalue weighted by Crippen LogP contribution is -2.00. The molecule has 0 aliphatic carbocycles. The van der Waals surface area contributed by atoms with Gasteiger partial charge < -0.3 is 0 Å².